The molecular formula is C11H25NS. The molecule has 0 amide bonds. The van der Waals surface area contributed by atoms with E-state index in [1.165, 1.54) is 12.8 Å². The average Bonchev–Trinajstić information content (AvgIpc) is 2.04. The molecule has 1 nitrogen and oxygen atoms in total. The Morgan fingerprint density at radius 1 is 1.15 bits per heavy atom. The minimum absolute atomic E-state index is 0.687. The lowest BCUT2D eigenvalue weighted by Crippen LogP contribution is -2.37. The van der Waals surface area contributed by atoms with Crippen LogP contribution in [0.25, 0.3) is 0 Å². The van der Waals surface area contributed by atoms with Crippen LogP contribution in [0.3, 0.4) is 0 Å². The van der Waals surface area contributed by atoms with Crippen molar-refractivity contribution in [2.75, 3.05) is 6.54 Å². The van der Waals surface area contributed by atoms with E-state index in [1.807, 2.05) is 0 Å². The van der Waals surface area contributed by atoms with Crippen LogP contribution < -0.4 is 5.32 Å². The Kier molecular flexibility index (Phi) is 7.87. The summed E-state index contributed by atoms with van der Waals surface area (Å²) in [6.45, 7) is 12.5. The molecule has 1 N–H and O–H groups in total. The van der Waals surface area contributed by atoms with Gasteiger partial charge in [0, 0.05) is 11.3 Å². The van der Waals surface area contributed by atoms with Gasteiger partial charge in [-0.05, 0) is 24.6 Å². The third-order valence-corrected chi connectivity index (χ3v) is 3.45. The molecule has 0 rings (SSSR count). The third kappa shape index (κ3) is 6.39. The predicted molar refractivity (Wildman–Crippen MR) is 64.6 cm³/mol. The Balaban J connectivity index is 3.77. The number of nitrogens with one attached hydrogen (secondary N) is 1. The van der Waals surface area contributed by atoms with Gasteiger partial charge in [-0.1, -0.05) is 34.6 Å². The standard InChI is InChI=1S/C11H25NS/c1-6-8-12-11(7-2)10(5)13-9(3)4/h9-12H,6-8H2,1-5H3. The lowest BCUT2D eigenvalue weighted by Gasteiger charge is -2.24. The van der Waals surface area contributed by atoms with Crippen molar-refractivity contribution in [2.45, 2.75) is 64.0 Å². The van der Waals surface area contributed by atoms with Crippen molar-refractivity contribution in [1.29, 1.82) is 0 Å². The van der Waals surface area contributed by atoms with E-state index in [0.717, 1.165) is 17.0 Å². The van der Waals surface area contributed by atoms with Gasteiger partial charge in [-0.25, -0.2) is 0 Å². The normalized spacial score (nSPS) is 16.2. The fraction of sp³-hybridized carbons (Fsp3) is 1.00. The second-order valence-corrected chi connectivity index (χ2v) is 5.82. The number of rotatable bonds is 7. The highest BCUT2D eigenvalue weighted by atomic mass is 32.2. The van der Waals surface area contributed by atoms with Crippen LogP contribution >= 0.6 is 11.8 Å². The van der Waals surface area contributed by atoms with Crippen LogP contribution in [-0.4, -0.2) is 23.1 Å². The topological polar surface area (TPSA) is 12.0 Å². The maximum Gasteiger partial charge on any atom is 0.0181 e. The van der Waals surface area contributed by atoms with E-state index in [2.05, 4.69) is 51.7 Å². The van der Waals surface area contributed by atoms with E-state index in [4.69, 9.17) is 0 Å². The molecule has 0 bridgehead atoms. The predicted octanol–water partition coefficient (Wildman–Crippen LogP) is 3.29. The lowest BCUT2D eigenvalue weighted by atomic mass is 10.1. The molecule has 13 heavy (non-hydrogen) atoms. The SMILES string of the molecule is CCCNC(CC)C(C)SC(C)C. The zero-order chi connectivity index (χ0) is 10.3. The minimum Gasteiger partial charge on any atom is -0.313 e. The van der Waals surface area contributed by atoms with E-state index >= 15 is 0 Å². The summed E-state index contributed by atoms with van der Waals surface area (Å²) in [5, 5.41) is 5.08. The number of hydrogen-bond acceptors (Lipinski definition) is 2. The summed E-state index contributed by atoms with van der Waals surface area (Å²) in [5.74, 6) is 0. The Bertz CT molecular complexity index is 115. The van der Waals surface area contributed by atoms with Crippen LogP contribution in [0.4, 0.5) is 0 Å². The highest BCUT2D eigenvalue weighted by molar-refractivity contribution is 8.00. The highest BCUT2D eigenvalue weighted by Crippen LogP contribution is 2.21. The van der Waals surface area contributed by atoms with Crippen LogP contribution in [0.15, 0.2) is 0 Å². The van der Waals surface area contributed by atoms with Gasteiger partial charge in [0.2, 0.25) is 0 Å². The lowest BCUT2D eigenvalue weighted by molar-refractivity contribution is 0.493. The largest absolute Gasteiger partial charge is 0.313 e. The fourth-order valence-corrected chi connectivity index (χ4v) is 2.83. The molecule has 2 unspecified atom stereocenters. The minimum atomic E-state index is 0.687. The Hall–Kier alpha value is 0.310. The summed E-state index contributed by atoms with van der Waals surface area (Å²) < 4.78 is 0. The van der Waals surface area contributed by atoms with Gasteiger partial charge < -0.3 is 5.32 Å². The Morgan fingerprint density at radius 3 is 2.15 bits per heavy atom. The average molecular weight is 203 g/mol. The summed E-state index contributed by atoms with van der Waals surface area (Å²) in [5.41, 5.74) is 0. The molecule has 2 atom stereocenters. The first kappa shape index (κ1) is 13.3. The molecule has 0 heterocycles. The van der Waals surface area contributed by atoms with Gasteiger partial charge in [-0.15, -0.1) is 0 Å². The molecule has 0 radical (unpaired) electrons. The van der Waals surface area contributed by atoms with E-state index in [0.29, 0.717) is 6.04 Å². The molecule has 0 aromatic carbocycles. The molecular weight excluding hydrogens is 178 g/mol. The van der Waals surface area contributed by atoms with E-state index in [-0.39, 0.29) is 0 Å². The first-order valence-electron chi connectivity index (χ1n) is 5.50. The molecule has 0 spiro atoms. The van der Waals surface area contributed by atoms with Gasteiger partial charge in [-0.2, -0.15) is 11.8 Å². The van der Waals surface area contributed by atoms with Crippen molar-refractivity contribution in [2.24, 2.45) is 0 Å². The number of hydrogen-bond donors (Lipinski definition) is 1. The molecule has 80 valence electrons. The molecule has 0 aromatic heterocycles. The molecule has 0 aliphatic rings. The second-order valence-electron chi connectivity index (χ2n) is 3.86. The quantitative estimate of drug-likeness (QED) is 0.681. The molecule has 0 fully saturated rings. The van der Waals surface area contributed by atoms with Crippen LogP contribution in [0.2, 0.25) is 0 Å². The van der Waals surface area contributed by atoms with Crippen molar-refractivity contribution >= 4 is 11.8 Å². The fourth-order valence-electron chi connectivity index (χ4n) is 1.50. The monoisotopic (exact) mass is 203 g/mol. The molecule has 0 aliphatic carbocycles. The van der Waals surface area contributed by atoms with Gasteiger partial charge in [0.25, 0.3) is 0 Å². The molecule has 2 heteroatoms. The van der Waals surface area contributed by atoms with Crippen molar-refractivity contribution in [1.82, 2.24) is 5.32 Å². The van der Waals surface area contributed by atoms with Crippen molar-refractivity contribution in [3.8, 4) is 0 Å². The number of thioether (sulfide) groups is 1. The van der Waals surface area contributed by atoms with Crippen LogP contribution in [0.5, 0.6) is 0 Å². The molecule has 0 aliphatic heterocycles. The summed E-state index contributed by atoms with van der Waals surface area (Å²) in [6, 6.07) is 0.687. The molecule has 0 aromatic rings. The third-order valence-electron chi connectivity index (χ3n) is 2.15. The summed E-state index contributed by atoms with van der Waals surface area (Å²) >= 11 is 2.08. The van der Waals surface area contributed by atoms with E-state index in [1.54, 1.807) is 0 Å². The van der Waals surface area contributed by atoms with E-state index < -0.39 is 0 Å². The second kappa shape index (κ2) is 7.69. The van der Waals surface area contributed by atoms with Gasteiger partial charge in [-0.3, -0.25) is 0 Å². The van der Waals surface area contributed by atoms with E-state index in [9.17, 15) is 0 Å². The summed E-state index contributed by atoms with van der Waals surface area (Å²) in [4.78, 5) is 0. The highest BCUT2D eigenvalue weighted by Gasteiger charge is 2.15. The maximum absolute atomic E-state index is 3.60. The Labute approximate surface area is 88.1 Å². The Morgan fingerprint density at radius 2 is 1.77 bits per heavy atom. The van der Waals surface area contributed by atoms with Gasteiger partial charge in [0.05, 0.1) is 0 Å². The maximum atomic E-state index is 3.60. The van der Waals surface area contributed by atoms with Gasteiger partial charge in [0.15, 0.2) is 0 Å². The summed E-state index contributed by atoms with van der Waals surface area (Å²) in [6.07, 6.45) is 2.47. The van der Waals surface area contributed by atoms with Gasteiger partial charge >= 0.3 is 0 Å². The van der Waals surface area contributed by atoms with Crippen LogP contribution in [0.1, 0.15) is 47.5 Å². The first-order chi connectivity index (χ1) is 6.11. The zero-order valence-corrected chi connectivity index (χ0v) is 10.6. The smallest absolute Gasteiger partial charge is 0.0181 e. The van der Waals surface area contributed by atoms with Crippen molar-refractivity contribution in [3.05, 3.63) is 0 Å². The van der Waals surface area contributed by atoms with Crippen LogP contribution in [0, 0.1) is 0 Å². The van der Waals surface area contributed by atoms with Crippen molar-refractivity contribution < 1.29 is 0 Å². The zero-order valence-electron chi connectivity index (χ0n) is 9.76. The van der Waals surface area contributed by atoms with Gasteiger partial charge in [0.1, 0.15) is 0 Å². The van der Waals surface area contributed by atoms with Crippen LogP contribution in [-0.2, 0) is 0 Å². The van der Waals surface area contributed by atoms with Crippen molar-refractivity contribution in [3.63, 3.8) is 0 Å². The summed E-state index contributed by atoms with van der Waals surface area (Å²) in [7, 11) is 0. The molecule has 0 saturated heterocycles. The molecule has 0 saturated carbocycles. The first-order valence-corrected chi connectivity index (χ1v) is 6.44.